The second kappa shape index (κ2) is 6.73. The summed E-state index contributed by atoms with van der Waals surface area (Å²) in [4.78, 5) is 30.8. The molecule has 0 heterocycles. The average molecular weight is 435 g/mol. The number of amides is 1. The van der Waals surface area contributed by atoms with Gasteiger partial charge in [0.1, 0.15) is 0 Å². The molecule has 2 bridgehead atoms. The van der Waals surface area contributed by atoms with Crippen LogP contribution in [0.3, 0.4) is 0 Å². The summed E-state index contributed by atoms with van der Waals surface area (Å²) < 4.78 is 0.669. The van der Waals surface area contributed by atoms with Crippen molar-refractivity contribution in [1.82, 2.24) is 5.32 Å². The molecular weight excluding hydrogens is 408 g/mol. The molecule has 1 aromatic rings. The molecule has 2 fully saturated rings. The van der Waals surface area contributed by atoms with Gasteiger partial charge in [-0.15, -0.1) is 0 Å². The maximum atomic E-state index is 13.1. The van der Waals surface area contributed by atoms with E-state index in [0.29, 0.717) is 16.5 Å². The molecule has 146 valence electrons. The predicted molar refractivity (Wildman–Crippen MR) is 108 cm³/mol. The third kappa shape index (κ3) is 2.93. The number of halogens is 1. The Morgan fingerprint density at radius 3 is 2.48 bits per heavy atom. The van der Waals surface area contributed by atoms with E-state index in [1.807, 2.05) is 19.9 Å². The van der Waals surface area contributed by atoms with Gasteiger partial charge < -0.3 is 10.2 Å². The Kier molecular flexibility index (Phi) is 5.00. The molecular formula is C21H27BrN2O3. The molecule has 5 nitrogen and oxygen atoms in total. The molecule has 2 saturated carbocycles. The highest BCUT2D eigenvalue weighted by molar-refractivity contribution is 9.10. The van der Waals surface area contributed by atoms with Crippen LogP contribution in [0.2, 0.25) is 0 Å². The van der Waals surface area contributed by atoms with Crippen molar-refractivity contribution in [2.45, 2.75) is 59.9 Å². The van der Waals surface area contributed by atoms with Gasteiger partial charge in [0.05, 0.1) is 16.7 Å². The monoisotopic (exact) mass is 434 g/mol. The van der Waals surface area contributed by atoms with E-state index in [1.54, 1.807) is 18.2 Å². The SMILES string of the molecule is CC(C)NC(=O)C12CCC(C)(/C(=N\OC(=O)c3ccccc3Br)C1)C2(C)C. The standard InChI is InChI=1S/C21H27BrN2O3/c1-13(2)23-18(26)21-11-10-20(5,19(21,3)4)16(12-21)24-27-17(25)14-8-6-7-9-15(14)22/h6-9,13H,10-12H2,1-5H3,(H,23,26)/b24-16-. The van der Waals surface area contributed by atoms with Crippen molar-refractivity contribution >= 4 is 33.5 Å². The lowest BCUT2D eigenvalue weighted by atomic mass is 9.64. The van der Waals surface area contributed by atoms with Crippen molar-refractivity contribution in [3.8, 4) is 0 Å². The molecule has 0 aromatic heterocycles. The summed E-state index contributed by atoms with van der Waals surface area (Å²) in [5.41, 5.74) is 0.192. The van der Waals surface area contributed by atoms with Gasteiger partial charge in [-0.3, -0.25) is 4.79 Å². The number of hydrogen-bond acceptors (Lipinski definition) is 4. The zero-order chi connectivity index (χ0) is 20.0. The summed E-state index contributed by atoms with van der Waals surface area (Å²) >= 11 is 3.36. The van der Waals surface area contributed by atoms with E-state index >= 15 is 0 Å². The number of oxime groups is 1. The molecule has 3 rings (SSSR count). The summed E-state index contributed by atoms with van der Waals surface area (Å²) in [5.74, 6) is -0.423. The number of hydrogen-bond donors (Lipinski definition) is 1. The smallest absolute Gasteiger partial charge is 0.353 e. The van der Waals surface area contributed by atoms with Gasteiger partial charge in [0, 0.05) is 22.4 Å². The highest BCUT2D eigenvalue weighted by atomic mass is 79.9. The Morgan fingerprint density at radius 1 is 1.19 bits per heavy atom. The molecule has 1 amide bonds. The predicted octanol–water partition coefficient (Wildman–Crippen LogP) is 4.70. The molecule has 1 N–H and O–H groups in total. The summed E-state index contributed by atoms with van der Waals surface area (Å²) in [7, 11) is 0. The molecule has 2 aliphatic carbocycles. The first-order chi connectivity index (χ1) is 12.5. The fourth-order valence-electron chi connectivity index (χ4n) is 4.70. The normalized spacial score (nSPS) is 30.0. The van der Waals surface area contributed by atoms with Crippen LogP contribution in [0, 0.1) is 16.2 Å². The molecule has 0 spiro atoms. The first kappa shape index (κ1) is 20.1. The molecule has 27 heavy (non-hydrogen) atoms. The summed E-state index contributed by atoms with van der Waals surface area (Å²) in [6, 6.07) is 7.18. The Balaban J connectivity index is 1.88. The lowest BCUT2D eigenvalue weighted by Crippen LogP contribution is -2.48. The van der Waals surface area contributed by atoms with Gasteiger partial charge in [-0.25, -0.2) is 4.79 Å². The molecule has 0 saturated heterocycles. The van der Waals surface area contributed by atoms with Crippen molar-refractivity contribution in [3.05, 3.63) is 34.3 Å². The molecule has 0 radical (unpaired) electrons. The van der Waals surface area contributed by atoms with E-state index in [0.717, 1.165) is 18.6 Å². The van der Waals surface area contributed by atoms with Crippen LogP contribution in [0.15, 0.2) is 33.9 Å². The molecule has 2 atom stereocenters. The van der Waals surface area contributed by atoms with Crippen molar-refractivity contribution in [2.75, 3.05) is 0 Å². The van der Waals surface area contributed by atoms with Gasteiger partial charge in [0.2, 0.25) is 5.91 Å². The van der Waals surface area contributed by atoms with Gasteiger partial charge in [-0.1, -0.05) is 38.1 Å². The number of benzene rings is 1. The number of carbonyl (C=O) groups is 2. The Bertz CT molecular complexity index is 817. The van der Waals surface area contributed by atoms with Crippen LogP contribution in [-0.2, 0) is 9.63 Å². The van der Waals surface area contributed by atoms with E-state index in [9.17, 15) is 9.59 Å². The largest absolute Gasteiger partial charge is 0.366 e. The fraction of sp³-hybridized carbons (Fsp3) is 0.571. The number of carbonyl (C=O) groups excluding carboxylic acids is 2. The van der Waals surface area contributed by atoms with Crippen LogP contribution in [0.25, 0.3) is 0 Å². The molecule has 2 aliphatic rings. The van der Waals surface area contributed by atoms with Crippen molar-refractivity contribution in [1.29, 1.82) is 0 Å². The molecule has 0 aliphatic heterocycles. The van der Waals surface area contributed by atoms with E-state index in [4.69, 9.17) is 4.84 Å². The van der Waals surface area contributed by atoms with E-state index in [-0.39, 0.29) is 22.8 Å². The maximum Gasteiger partial charge on any atom is 0.366 e. The van der Waals surface area contributed by atoms with Gasteiger partial charge in [0.15, 0.2) is 0 Å². The molecule has 1 aromatic carbocycles. The number of rotatable bonds is 4. The Morgan fingerprint density at radius 2 is 1.85 bits per heavy atom. The zero-order valence-electron chi connectivity index (χ0n) is 16.6. The summed E-state index contributed by atoms with van der Waals surface area (Å²) in [5, 5.41) is 7.35. The summed E-state index contributed by atoms with van der Waals surface area (Å²) in [6.45, 7) is 10.4. The van der Waals surface area contributed by atoms with Gasteiger partial charge >= 0.3 is 5.97 Å². The van der Waals surface area contributed by atoms with Crippen molar-refractivity contribution in [3.63, 3.8) is 0 Å². The lowest BCUT2D eigenvalue weighted by Gasteiger charge is -2.39. The van der Waals surface area contributed by atoms with E-state index < -0.39 is 11.4 Å². The number of nitrogens with zero attached hydrogens (tertiary/aromatic N) is 1. The first-order valence-electron chi connectivity index (χ1n) is 9.39. The van der Waals surface area contributed by atoms with E-state index in [2.05, 4.69) is 47.2 Å². The zero-order valence-corrected chi connectivity index (χ0v) is 18.1. The van der Waals surface area contributed by atoms with Crippen LogP contribution in [0.4, 0.5) is 0 Å². The number of nitrogens with one attached hydrogen (secondary N) is 1. The van der Waals surface area contributed by atoms with Crippen LogP contribution in [-0.4, -0.2) is 23.6 Å². The Labute approximate surface area is 169 Å². The maximum absolute atomic E-state index is 13.1. The minimum Gasteiger partial charge on any atom is -0.353 e. The quantitative estimate of drug-likeness (QED) is 0.551. The fourth-order valence-corrected chi connectivity index (χ4v) is 5.14. The second-order valence-corrected chi connectivity index (χ2v) is 9.60. The van der Waals surface area contributed by atoms with E-state index in [1.165, 1.54) is 0 Å². The van der Waals surface area contributed by atoms with Crippen LogP contribution >= 0.6 is 15.9 Å². The number of fused-ring (bicyclic) bond motifs is 2. The van der Waals surface area contributed by atoms with Gasteiger partial charge in [-0.05, 0) is 60.2 Å². The lowest BCUT2D eigenvalue weighted by molar-refractivity contribution is -0.136. The van der Waals surface area contributed by atoms with Crippen LogP contribution in [0.5, 0.6) is 0 Å². The topological polar surface area (TPSA) is 67.8 Å². The van der Waals surface area contributed by atoms with Crippen molar-refractivity contribution < 1.29 is 14.4 Å². The minimum absolute atomic E-state index is 0.0774. The van der Waals surface area contributed by atoms with Crippen LogP contribution in [0.1, 0.15) is 64.2 Å². The van der Waals surface area contributed by atoms with Gasteiger partial charge in [-0.2, -0.15) is 0 Å². The third-order valence-corrected chi connectivity index (χ3v) is 7.61. The second-order valence-electron chi connectivity index (χ2n) is 8.74. The first-order valence-corrected chi connectivity index (χ1v) is 10.2. The van der Waals surface area contributed by atoms with Crippen molar-refractivity contribution in [2.24, 2.45) is 21.4 Å². The minimum atomic E-state index is -0.509. The average Bonchev–Trinajstić information content (AvgIpc) is 2.90. The highest BCUT2D eigenvalue weighted by Crippen LogP contribution is 2.71. The third-order valence-electron chi connectivity index (χ3n) is 6.92. The summed E-state index contributed by atoms with van der Waals surface area (Å²) in [6.07, 6.45) is 2.21. The van der Waals surface area contributed by atoms with Gasteiger partial charge in [0.25, 0.3) is 0 Å². The van der Waals surface area contributed by atoms with Crippen LogP contribution < -0.4 is 5.32 Å². The molecule has 2 unspecified atom stereocenters. The molecule has 6 heteroatoms. The Hall–Kier alpha value is -1.69. The highest BCUT2D eigenvalue weighted by Gasteiger charge is 2.71.